The summed E-state index contributed by atoms with van der Waals surface area (Å²) < 4.78 is 0. The van der Waals surface area contributed by atoms with Crippen LogP contribution in [-0.2, 0) is 4.79 Å². The molecule has 1 amide bonds. The standard InChI is InChI=1S/C12H14Cl2N2O2/c13-9-4-8(5-10(14)12(9)18)16-11(17)3-7-1-2-15-6-7/h4-5,7,15,18H,1-3,6H2,(H,16,17). The summed E-state index contributed by atoms with van der Waals surface area (Å²) >= 11 is 11.6. The third-order valence-corrected chi connectivity index (χ3v) is 3.51. The van der Waals surface area contributed by atoms with Crippen LogP contribution in [0.1, 0.15) is 12.8 Å². The molecule has 0 aliphatic carbocycles. The topological polar surface area (TPSA) is 61.4 Å². The van der Waals surface area contributed by atoms with Gasteiger partial charge in [-0.15, -0.1) is 0 Å². The van der Waals surface area contributed by atoms with E-state index in [9.17, 15) is 9.90 Å². The van der Waals surface area contributed by atoms with Crippen molar-refractivity contribution in [1.29, 1.82) is 0 Å². The molecule has 2 rings (SSSR count). The molecule has 4 nitrogen and oxygen atoms in total. The number of aromatic hydroxyl groups is 1. The number of phenols is 1. The van der Waals surface area contributed by atoms with E-state index in [4.69, 9.17) is 23.2 Å². The number of amides is 1. The first-order chi connectivity index (χ1) is 8.56. The Morgan fingerprint density at radius 1 is 1.44 bits per heavy atom. The third kappa shape index (κ3) is 3.28. The average molecular weight is 289 g/mol. The number of carbonyl (C=O) groups is 1. The second-order valence-corrected chi connectivity index (χ2v) is 5.21. The van der Waals surface area contributed by atoms with Gasteiger partial charge in [0.05, 0.1) is 10.0 Å². The van der Waals surface area contributed by atoms with Gasteiger partial charge in [0.25, 0.3) is 0 Å². The summed E-state index contributed by atoms with van der Waals surface area (Å²) in [6.07, 6.45) is 1.49. The van der Waals surface area contributed by atoms with Gasteiger partial charge in [-0.1, -0.05) is 23.2 Å². The highest BCUT2D eigenvalue weighted by atomic mass is 35.5. The zero-order chi connectivity index (χ0) is 13.1. The van der Waals surface area contributed by atoms with Crippen LogP contribution in [0.3, 0.4) is 0 Å². The number of halogens is 2. The molecule has 6 heteroatoms. The predicted molar refractivity (Wildman–Crippen MR) is 72.4 cm³/mol. The minimum absolute atomic E-state index is 0.0680. The molecule has 1 aliphatic heterocycles. The molecule has 1 heterocycles. The lowest BCUT2D eigenvalue weighted by molar-refractivity contribution is -0.116. The Bertz CT molecular complexity index is 436. The Morgan fingerprint density at radius 2 is 2.11 bits per heavy atom. The molecule has 0 bridgehead atoms. The number of nitrogens with one attached hydrogen (secondary N) is 2. The first kappa shape index (κ1) is 13.5. The van der Waals surface area contributed by atoms with Crippen molar-refractivity contribution >= 4 is 34.8 Å². The van der Waals surface area contributed by atoms with E-state index in [1.807, 2.05) is 0 Å². The van der Waals surface area contributed by atoms with Crippen LogP contribution in [-0.4, -0.2) is 24.1 Å². The molecule has 1 fully saturated rings. The molecule has 98 valence electrons. The zero-order valence-corrected chi connectivity index (χ0v) is 11.2. The molecule has 1 aliphatic rings. The molecule has 0 radical (unpaired) electrons. The van der Waals surface area contributed by atoms with Crippen molar-refractivity contribution in [2.24, 2.45) is 5.92 Å². The predicted octanol–water partition coefficient (Wildman–Crippen LogP) is 2.64. The fraction of sp³-hybridized carbons (Fsp3) is 0.417. The molecule has 0 saturated carbocycles. The van der Waals surface area contributed by atoms with Crippen molar-refractivity contribution in [3.63, 3.8) is 0 Å². The van der Waals surface area contributed by atoms with E-state index in [0.717, 1.165) is 19.5 Å². The van der Waals surface area contributed by atoms with Crippen LogP contribution in [0.2, 0.25) is 10.0 Å². The maximum Gasteiger partial charge on any atom is 0.224 e. The average Bonchev–Trinajstić information content (AvgIpc) is 2.78. The van der Waals surface area contributed by atoms with Crippen molar-refractivity contribution < 1.29 is 9.90 Å². The van der Waals surface area contributed by atoms with Gasteiger partial charge in [-0.2, -0.15) is 0 Å². The van der Waals surface area contributed by atoms with E-state index >= 15 is 0 Å². The quantitative estimate of drug-likeness (QED) is 0.750. The maximum atomic E-state index is 11.8. The van der Waals surface area contributed by atoms with Gasteiger partial charge in [0.15, 0.2) is 5.75 Å². The highest BCUT2D eigenvalue weighted by molar-refractivity contribution is 6.37. The molecule has 0 spiro atoms. The molecule has 3 N–H and O–H groups in total. The largest absolute Gasteiger partial charge is 0.505 e. The summed E-state index contributed by atoms with van der Waals surface area (Å²) in [6.45, 7) is 1.85. The maximum absolute atomic E-state index is 11.8. The second kappa shape index (κ2) is 5.78. The van der Waals surface area contributed by atoms with Crippen molar-refractivity contribution in [1.82, 2.24) is 5.32 Å². The van der Waals surface area contributed by atoms with E-state index in [0.29, 0.717) is 18.0 Å². The Morgan fingerprint density at radius 3 is 2.67 bits per heavy atom. The fourth-order valence-corrected chi connectivity index (χ4v) is 2.49. The Labute approximate surface area is 115 Å². The minimum atomic E-state index is -0.170. The lowest BCUT2D eigenvalue weighted by atomic mass is 10.0. The summed E-state index contributed by atoms with van der Waals surface area (Å²) in [5.41, 5.74) is 0.499. The van der Waals surface area contributed by atoms with Gasteiger partial charge < -0.3 is 15.7 Å². The third-order valence-electron chi connectivity index (χ3n) is 2.94. The molecule has 1 atom stereocenters. The van der Waals surface area contributed by atoms with E-state index in [1.54, 1.807) is 0 Å². The molecule has 1 aromatic rings. The molecular formula is C12H14Cl2N2O2. The smallest absolute Gasteiger partial charge is 0.224 e. The molecule has 1 unspecified atom stereocenters. The van der Waals surface area contributed by atoms with Crippen molar-refractivity contribution in [3.8, 4) is 5.75 Å². The van der Waals surface area contributed by atoms with Gasteiger partial charge in [0.1, 0.15) is 0 Å². The van der Waals surface area contributed by atoms with Crippen LogP contribution in [0.4, 0.5) is 5.69 Å². The number of phenolic OH excluding ortho intramolecular Hbond substituents is 1. The Balaban J connectivity index is 1.98. The van der Waals surface area contributed by atoms with Gasteiger partial charge in [-0.05, 0) is 37.6 Å². The van der Waals surface area contributed by atoms with E-state index in [2.05, 4.69) is 10.6 Å². The number of hydrogen-bond acceptors (Lipinski definition) is 3. The first-order valence-corrected chi connectivity index (χ1v) is 6.50. The number of carbonyl (C=O) groups excluding carboxylic acids is 1. The van der Waals surface area contributed by atoms with E-state index in [1.165, 1.54) is 12.1 Å². The van der Waals surface area contributed by atoms with Crippen LogP contribution < -0.4 is 10.6 Å². The molecular weight excluding hydrogens is 275 g/mol. The second-order valence-electron chi connectivity index (χ2n) is 4.40. The minimum Gasteiger partial charge on any atom is -0.505 e. The summed E-state index contributed by atoms with van der Waals surface area (Å²) in [4.78, 5) is 11.8. The van der Waals surface area contributed by atoms with Crippen LogP contribution in [0, 0.1) is 5.92 Å². The number of rotatable bonds is 3. The molecule has 1 aromatic carbocycles. The number of benzene rings is 1. The molecule has 18 heavy (non-hydrogen) atoms. The van der Waals surface area contributed by atoms with Gasteiger partial charge in [0, 0.05) is 12.1 Å². The van der Waals surface area contributed by atoms with Gasteiger partial charge >= 0.3 is 0 Å². The van der Waals surface area contributed by atoms with Crippen LogP contribution in [0.5, 0.6) is 5.75 Å². The van der Waals surface area contributed by atoms with Crippen LogP contribution in [0.15, 0.2) is 12.1 Å². The molecule has 0 aromatic heterocycles. The highest BCUT2D eigenvalue weighted by Crippen LogP contribution is 2.34. The Kier molecular flexibility index (Phi) is 4.32. The van der Waals surface area contributed by atoms with Crippen LogP contribution >= 0.6 is 23.2 Å². The normalized spacial score (nSPS) is 18.9. The van der Waals surface area contributed by atoms with Gasteiger partial charge in [-0.3, -0.25) is 4.79 Å². The van der Waals surface area contributed by atoms with Crippen molar-refractivity contribution in [2.75, 3.05) is 18.4 Å². The van der Waals surface area contributed by atoms with Crippen LogP contribution in [0.25, 0.3) is 0 Å². The molecule has 1 saturated heterocycles. The first-order valence-electron chi connectivity index (χ1n) is 5.75. The summed E-state index contributed by atoms with van der Waals surface area (Å²) in [5.74, 6) is 0.144. The monoisotopic (exact) mass is 288 g/mol. The number of anilines is 1. The van der Waals surface area contributed by atoms with Gasteiger partial charge in [-0.25, -0.2) is 0 Å². The number of hydrogen-bond donors (Lipinski definition) is 3. The van der Waals surface area contributed by atoms with Gasteiger partial charge in [0.2, 0.25) is 5.91 Å². The Hall–Kier alpha value is -0.970. The lowest BCUT2D eigenvalue weighted by Crippen LogP contribution is -2.18. The SMILES string of the molecule is O=C(CC1CCNC1)Nc1cc(Cl)c(O)c(Cl)c1. The summed E-state index contributed by atoms with van der Waals surface area (Å²) in [6, 6.07) is 2.96. The van der Waals surface area contributed by atoms with Crippen molar-refractivity contribution in [3.05, 3.63) is 22.2 Å². The van der Waals surface area contributed by atoms with Crippen molar-refractivity contribution in [2.45, 2.75) is 12.8 Å². The lowest BCUT2D eigenvalue weighted by Gasteiger charge is -2.10. The van der Waals surface area contributed by atoms with E-state index < -0.39 is 0 Å². The highest BCUT2D eigenvalue weighted by Gasteiger charge is 2.18. The zero-order valence-electron chi connectivity index (χ0n) is 9.67. The fourth-order valence-electron chi connectivity index (χ4n) is 2.00. The summed E-state index contributed by atoms with van der Waals surface area (Å²) in [5, 5.41) is 15.6. The van der Waals surface area contributed by atoms with E-state index in [-0.39, 0.29) is 21.7 Å². The summed E-state index contributed by atoms with van der Waals surface area (Å²) in [7, 11) is 0.